The third-order valence-electron chi connectivity index (χ3n) is 4.51. The quantitative estimate of drug-likeness (QED) is 0.188. The minimum absolute atomic E-state index is 0.0277. The molecule has 170 valence electrons. The van der Waals surface area contributed by atoms with Crippen LogP contribution in [0.3, 0.4) is 0 Å². The molecule has 1 aliphatic rings. The number of ether oxygens (including phenoxy) is 4. The zero-order valence-corrected chi connectivity index (χ0v) is 18.2. The molecule has 33 heavy (non-hydrogen) atoms. The molecule has 2 aromatic carbocycles. The fourth-order valence-electron chi connectivity index (χ4n) is 2.81. The van der Waals surface area contributed by atoms with Gasteiger partial charge in [0.2, 0.25) is 5.95 Å². The number of hydrogen-bond donors (Lipinski definition) is 0. The van der Waals surface area contributed by atoms with Gasteiger partial charge in [-0.15, -0.1) is 4.98 Å². The summed E-state index contributed by atoms with van der Waals surface area (Å²) in [7, 11) is 0. The Morgan fingerprint density at radius 1 is 0.970 bits per heavy atom. The molecule has 1 atom stereocenters. The van der Waals surface area contributed by atoms with E-state index in [4.69, 9.17) is 18.9 Å². The van der Waals surface area contributed by atoms with Gasteiger partial charge < -0.3 is 18.9 Å². The van der Waals surface area contributed by atoms with Crippen molar-refractivity contribution in [2.24, 2.45) is 0 Å². The summed E-state index contributed by atoms with van der Waals surface area (Å²) in [6.45, 7) is 6.20. The lowest BCUT2D eigenvalue weighted by atomic mass is 10.2. The van der Waals surface area contributed by atoms with Crippen molar-refractivity contribution < 1.29 is 23.7 Å². The first kappa shape index (κ1) is 22.2. The van der Waals surface area contributed by atoms with E-state index in [0.29, 0.717) is 24.7 Å². The van der Waals surface area contributed by atoms with Crippen molar-refractivity contribution in [3.8, 4) is 12.0 Å². The zero-order chi connectivity index (χ0) is 23.0. The van der Waals surface area contributed by atoms with E-state index < -0.39 is 5.97 Å². The zero-order valence-electron chi connectivity index (χ0n) is 18.2. The Hall–Kier alpha value is -3.98. The average molecular weight is 448 g/mol. The van der Waals surface area contributed by atoms with Gasteiger partial charge in [-0.25, -0.2) is 4.79 Å². The lowest BCUT2D eigenvalue weighted by molar-refractivity contribution is -0.139. The van der Waals surface area contributed by atoms with Crippen LogP contribution in [0.25, 0.3) is 0 Å². The number of epoxide rings is 1. The number of rotatable bonds is 11. The second-order valence-corrected chi connectivity index (χ2v) is 7.24. The summed E-state index contributed by atoms with van der Waals surface area (Å²) < 4.78 is 21.6. The van der Waals surface area contributed by atoms with Gasteiger partial charge in [-0.3, -0.25) is 4.90 Å². The molecule has 0 saturated carbocycles. The highest BCUT2D eigenvalue weighted by atomic mass is 16.6. The lowest BCUT2D eigenvalue weighted by Gasteiger charge is -2.23. The van der Waals surface area contributed by atoms with Crippen LogP contribution in [0.4, 0.5) is 17.3 Å². The van der Waals surface area contributed by atoms with E-state index in [1.165, 1.54) is 0 Å². The van der Waals surface area contributed by atoms with Gasteiger partial charge in [0.15, 0.2) is 0 Å². The molecule has 0 spiro atoms. The predicted molar refractivity (Wildman–Crippen MR) is 121 cm³/mol. The van der Waals surface area contributed by atoms with Crippen molar-refractivity contribution in [2.45, 2.75) is 13.0 Å². The summed E-state index contributed by atoms with van der Waals surface area (Å²) in [4.78, 5) is 26.7. The van der Waals surface area contributed by atoms with Crippen LogP contribution in [0.5, 0.6) is 12.0 Å². The molecule has 1 unspecified atom stereocenters. The molecule has 9 nitrogen and oxygen atoms in total. The van der Waals surface area contributed by atoms with Crippen LogP contribution in [0.2, 0.25) is 0 Å². The fraction of sp³-hybridized carbons (Fsp3) is 0.250. The molecule has 0 aliphatic carbocycles. The number of hydrogen-bond acceptors (Lipinski definition) is 9. The van der Waals surface area contributed by atoms with E-state index in [1.54, 1.807) is 6.92 Å². The van der Waals surface area contributed by atoms with E-state index >= 15 is 0 Å². The number of anilines is 3. The average Bonchev–Trinajstić information content (AvgIpc) is 3.66. The van der Waals surface area contributed by atoms with E-state index in [2.05, 4.69) is 21.5 Å². The molecule has 4 rings (SSSR count). The van der Waals surface area contributed by atoms with Crippen molar-refractivity contribution in [1.29, 1.82) is 0 Å². The summed E-state index contributed by atoms with van der Waals surface area (Å²) in [5.41, 5.74) is 2.03. The van der Waals surface area contributed by atoms with Crippen LogP contribution in [-0.2, 0) is 14.3 Å². The SMILES string of the molecule is C=C(C)C(=O)OCCOc1nc(OCC2CO2)nc(N(c2ccccc2)c2ccccc2)n1. The molecule has 0 bridgehead atoms. The van der Waals surface area contributed by atoms with Crippen molar-refractivity contribution in [1.82, 2.24) is 15.0 Å². The molecular formula is C24H24N4O5. The monoisotopic (exact) mass is 448 g/mol. The first-order valence-corrected chi connectivity index (χ1v) is 10.5. The second-order valence-electron chi connectivity index (χ2n) is 7.24. The van der Waals surface area contributed by atoms with Crippen molar-refractivity contribution in [3.05, 3.63) is 72.8 Å². The molecule has 0 N–H and O–H groups in total. The molecular weight excluding hydrogens is 424 g/mol. The highest BCUT2D eigenvalue weighted by molar-refractivity contribution is 5.86. The number of para-hydroxylation sites is 2. The molecule has 1 fully saturated rings. The molecule has 9 heteroatoms. The minimum atomic E-state index is -0.484. The van der Waals surface area contributed by atoms with E-state index in [-0.39, 0.29) is 31.3 Å². The number of benzene rings is 2. The third-order valence-corrected chi connectivity index (χ3v) is 4.51. The van der Waals surface area contributed by atoms with Gasteiger partial charge in [-0.2, -0.15) is 9.97 Å². The van der Waals surface area contributed by atoms with Gasteiger partial charge in [-0.1, -0.05) is 43.0 Å². The summed E-state index contributed by atoms with van der Waals surface area (Å²) in [6, 6.07) is 19.6. The molecule has 0 radical (unpaired) electrons. The van der Waals surface area contributed by atoms with Crippen LogP contribution in [0.15, 0.2) is 72.8 Å². The minimum Gasteiger partial charge on any atom is -0.460 e. The Balaban J connectivity index is 1.61. The second kappa shape index (κ2) is 10.6. The smallest absolute Gasteiger partial charge is 0.333 e. The van der Waals surface area contributed by atoms with Gasteiger partial charge in [0.1, 0.15) is 25.9 Å². The van der Waals surface area contributed by atoms with Crippen LogP contribution >= 0.6 is 0 Å². The molecule has 1 aliphatic heterocycles. The van der Waals surface area contributed by atoms with Crippen LogP contribution in [0, 0.1) is 0 Å². The van der Waals surface area contributed by atoms with E-state index in [9.17, 15) is 4.79 Å². The van der Waals surface area contributed by atoms with E-state index in [0.717, 1.165) is 11.4 Å². The first-order valence-electron chi connectivity index (χ1n) is 10.5. The van der Waals surface area contributed by atoms with Gasteiger partial charge >= 0.3 is 18.0 Å². The van der Waals surface area contributed by atoms with Crippen molar-refractivity contribution in [2.75, 3.05) is 31.3 Å². The Morgan fingerprint density at radius 2 is 1.55 bits per heavy atom. The maximum Gasteiger partial charge on any atom is 0.333 e. The molecule has 1 saturated heterocycles. The normalized spacial score (nSPS) is 14.3. The van der Waals surface area contributed by atoms with Crippen LogP contribution in [-0.4, -0.2) is 53.5 Å². The van der Waals surface area contributed by atoms with Gasteiger partial charge in [0.25, 0.3) is 0 Å². The summed E-state index contributed by atoms with van der Waals surface area (Å²) >= 11 is 0. The number of carbonyl (C=O) groups is 1. The fourth-order valence-corrected chi connectivity index (χ4v) is 2.81. The predicted octanol–water partition coefficient (Wildman–Crippen LogP) is 3.62. The summed E-state index contributed by atoms with van der Waals surface area (Å²) in [6.07, 6.45) is 0.0375. The number of nitrogens with zero attached hydrogens (tertiary/aromatic N) is 4. The first-order chi connectivity index (χ1) is 16.1. The third kappa shape index (κ3) is 6.27. The highest BCUT2D eigenvalue weighted by Crippen LogP contribution is 2.33. The number of aromatic nitrogens is 3. The summed E-state index contributed by atoms with van der Waals surface area (Å²) in [5.74, 6) is -0.161. The van der Waals surface area contributed by atoms with E-state index in [1.807, 2.05) is 65.6 Å². The molecule has 3 aromatic rings. The Labute approximate surface area is 191 Å². The molecule has 0 amide bonds. The largest absolute Gasteiger partial charge is 0.460 e. The Kier molecular flexibility index (Phi) is 7.11. The van der Waals surface area contributed by atoms with Gasteiger partial charge in [0.05, 0.1) is 6.61 Å². The highest BCUT2D eigenvalue weighted by Gasteiger charge is 2.25. The maximum absolute atomic E-state index is 11.6. The Bertz CT molecular complexity index is 1050. The maximum atomic E-state index is 11.6. The van der Waals surface area contributed by atoms with Gasteiger partial charge in [-0.05, 0) is 31.2 Å². The molecule has 2 heterocycles. The molecule has 1 aromatic heterocycles. The van der Waals surface area contributed by atoms with Crippen LogP contribution < -0.4 is 14.4 Å². The Morgan fingerprint density at radius 3 is 2.09 bits per heavy atom. The van der Waals surface area contributed by atoms with Gasteiger partial charge in [0, 0.05) is 16.9 Å². The topological polar surface area (TPSA) is 99.2 Å². The summed E-state index contributed by atoms with van der Waals surface area (Å²) in [5, 5.41) is 0. The van der Waals surface area contributed by atoms with Crippen LogP contribution in [0.1, 0.15) is 6.92 Å². The lowest BCUT2D eigenvalue weighted by Crippen LogP contribution is -2.18. The van der Waals surface area contributed by atoms with Crippen molar-refractivity contribution in [3.63, 3.8) is 0 Å². The van der Waals surface area contributed by atoms with Crippen molar-refractivity contribution >= 4 is 23.3 Å². The number of esters is 1. The number of carbonyl (C=O) groups excluding carboxylic acids is 1. The standard InChI is InChI=1S/C24H24N4O5/c1-17(2)21(29)30-13-14-31-23-25-22(26-24(27-23)33-16-20-15-32-20)28(18-9-5-3-6-10-18)19-11-7-4-8-12-19/h3-12,20H,1,13-16H2,2H3.